The Balaban J connectivity index is 2.88. The van der Waals surface area contributed by atoms with Crippen LogP contribution in [0.25, 0.3) is 0 Å². The van der Waals surface area contributed by atoms with Crippen LogP contribution in [0.5, 0.6) is 0 Å². The molecule has 1 nitrogen and oxygen atoms in total. The summed E-state index contributed by atoms with van der Waals surface area (Å²) >= 11 is 0. The number of halogens is 1. The largest absolute Gasteiger partial charge is 0.313 e. The fourth-order valence-corrected chi connectivity index (χ4v) is 2.39. The average molecular weight is 237 g/mol. The third-order valence-electron chi connectivity index (χ3n) is 3.47. The second-order valence-electron chi connectivity index (χ2n) is 4.89. The maximum absolute atomic E-state index is 13.3. The molecule has 0 saturated heterocycles. The Labute approximate surface area is 104 Å². The number of hydrogen-bond acceptors (Lipinski definition) is 1. The number of rotatable bonds is 6. The van der Waals surface area contributed by atoms with Crippen molar-refractivity contribution in [2.45, 2.75) is 46.1 Å². The van der Waals surface area contributed by atoms with Crippen molar-refractivity contribution in [2.24, 2.45) is 5.92 Å². The lowest BCUT2D eigenvalue weighted by molar-refractivity contribution is 0.374. The molecule has 0 heterocycles. The Morgan fingerprint density at radius 3 is 2.65 bits per heavy atom. The lowest BCUT2D eigenvalue weighted by atomic mass is 9.88. The Hall–Kier alpha value is -0.890. The molecule has 0 amide bonds. The van der Waals surface area contributed by atoms with E-state index in [0.717, 1.165) is 11.1 Å². The number of nitrogens with one attached hydrogen (secondary N) is 1. The minimum Gasteiger partial charge on any atom is -0.313 e. The maximum atomic E-state index is 13.3. The molecule has 2 atom stereocenters. The smallest absolute Gasteiger partial charge is 0.123 e. The Bertz CT molecular complexity index is 349. The summed E-state index contributed by atoms with van der Waals surface area (Å²) in [5.41, 5.74) is 2.25. The van der Waals surface area contributed by atoms with E-state index in [1.54, 1.807) is 6.07 Å². The van der Waals surface area contributed by atoms with Crippen LogP contribution in [-0.4, -0.2) is 7.05 Å². The van der Waals surface area contributed by atoms with Gasteiger partial charge in [0, 0.05) is 6.04 Å². The van der Waals surface area contributed by atoms with E-state index < -0.39 is 0 Å². The van der Waals surface area contributed by atoms with Crippen LogP contribution in [0.15, 0.2) is 18.2 Å². The fourth-order valence-electron chi connectivity index (χ4n) is 2.39. The second kappa shape index (κ2) is 6.75. The molecule has 96 valence electrons. The predicted molar refractivity (Wildman–Crippen MR) is 71.6 cm³/mol. The molecule has 1 rings (SSSR count). The average Bonchev–Trinajstić information content (AvgIpc) is 2.32. The summed E-state index contributed by atoms with van der Waals surface area (Å²) in [6.45, 7) is 6.49. The number of benzene rings is 1. The van der Waals surface area contributed by atoms with Gasteiger partial charge in [-0.15, -0.1) is 0 Å². The molecule has 0 aliphatic carbocycles. The predicted octanol–water partition coefficient (Wildman–Crippen LogP) is 4.22. The van der Waals surface area contributed by atoms with Gasteiger partial charge in [0.05, 0.1) is 0 Å². The lowest BCUT2D eigenvalue weighted by Gasteiger charge is -2.25. The van der Waals surface area contributed by atoms with Gasteiger partial charge in [-0.2, -0.15) is 0 Å². The molecule has 0 saturated carbocycles. The minimum absolute atomic E-state index is 0.145. The number of aryl methyl sites for hydroxylation is 1. The van der Waals surface area contributed by atoms with Gasteiger partial charge in [0.1, 0.15) is 5.82 Å². The molecule has 2 unspecified atom stereocenters. The van der Waals surface area contributed by atoms with E-state index in [0.29, 0.717) is 5.92 Å². The van der Waals surface area contributed by atoms with Crippen molar-refractivity contribution in [3.8, 4) is 0 Å². The first kappa shape index (κ1) is 14.2. The second-order valence-corrected chi connectivity index (χ2v) is 4.89. The zero-order valence-corrected chi connectivity index (χ0v) is 11.4. The highest BCUT2D eigenvalue weighted by molar-refractivity contribution is 5.30. The van der Waals surface area contributed by atoms with Crippen LogP contribution < -0.4 is 5.32 Å². The van der Waals surface area contributed by atoms with E-state index in [2.05, 4.69) is 19.2 Å². The molecule has 17 heavy (non-hydrogen) atoms. The van der Waals surface area contributed by atoms with Gasteiger partial charge in [0.15, 0.2) is 0 Å². The summed E-state index contributed by atoms with van der Waals surface area (Å²) in [6, 6.07) is 5.31. The molecular weight excluding hydrogens is 213 g/mol. The highest BCUT2D eigenvalue weighted by Gasteiger charge is 2.19. The lowest BCUT2D eigenvalue weighted by Crippen LogP contribution is -2.24. The zero-order chi connectivity index (χ0) is 12.8. The molecule has 0 aromatic heterocycles. The Morgan fingerprint density at radius 2 is 2.06 bits per heavy atom. The van der Waals surface area contributed by atoms with Crippen molar-refractivity contribution < 1.29 is 4.39 Å². The van der Waals surface area contributed by atoms with E-state index in [-0.39, 0.29) is 11.9 Å². The highest BCUT2D eigenvalue weighted by Crippen LogP contribution is 2.28. The van der Waals surface area contributed by atoms with Gasteiger partial charge in [-0.05, 0) is 49.6 Å². The summed E-state index contributed by atoms with van der Waals surface area (Å²) in [6.07, 6.45) is 3.62. The summed E-state index contributed by atoms with van der Waals surface area (Å²) < 4.78 is 13.3. The number of unbranched alkanes of at least 4 members (excludes halogenated alkanes) is 1. The quantitative estimate of drug-likeness (QED) is 0.781. The molecular formula is C15H24FN. The summed E-state index contributed by atoms with van der Waals surface area (Å²) in [7, 11) is 1.96. The van der Waals surface area contributed by atoms with E-state index in [4.69, 9.17) is 0 Å². The molecule has 0 spiro atoms. The van der Waals surface area contributed by atoms with Crippen LogP contribution >= 0.6 is 0 Å². The molecule has 0 radical (unpaired) electrons. The molecule has 1 aromatic carbocycles. The van der Waals surface area contributed by atoms with Gasteiger partial charge < -0.3 is 5.32 Å². The van der Waals surface area contributed by atoms with Crippen LogP contribution in [0, 0.1) is 18.7 Å². The topological polar surface area (TPSA) is 12.0 Å². The van der Waals surface area contributed by atoms with Crippen molar-refractivity contribution in [3.05, 3.63) is 35.1 Å². The SMILES string of the molecule is CCCCC(C)C(NC)c1cc(F)ccc1C. The van der Waals surface area contributed by atoms with E-state index >= 15 is 0 Å². The van der Waals surface area contributed by atoms with E-state index in [1.165, 1.54) is 25.3 Å². The van der Waals surface area contributed by atoms with Gasteiger partial charge in [0.2, 0.25) is 0 Å². The Morgan fingerprint density at radius 1 is 1.35 bits per heavy atom. The minimum atomic E-state index is -0.145. The van der Waals surface area contributed by atoms with Gasteiger partial charge in [-0.3, -0.25) is 0 Å². The molecule has 0 fully saturated rings. The molecule has 1 aromatic rings. The van der Waals surface area contributed by atoms with Crippen LogP contribution in [0.3, 0.4) is 0 Å². The molecule has 1 N–H and O–H groups in total. The molecule has 0 bridgehead atoms. The van der Waals surface area contributed by atoms with Crippen molar-refractivity contribution in [2.75, 3.05) is 7.05 Å². The van der Waals surface area contributed by atoms with Crippen LogP contribution in [0.2, 0.25) is 0 Å². The third-order valence-corrected chi connectivity index (χ3v) is 3.47. The van der Waals surface area contributed by atoms with Crippen molar-refractivity contribution in [1.82, 2.24) is 5.32 Å². The standard InChI is InChI=1S/C15H24FN/c1-5-6-7-12(3)15(17-4)14-10-13(16)9-8-11(14)2/h8-10,12,15,17H,5-7H2,1-4H3. The first-order valence-corrected chi connectivity index (χ1v) is 6.53. The van der Waals surface area contributed by atoms with Crippen molar-refractivity contribution >= 4 is 0 Å². The van der Waals surface area contributed by atoms with Gasteiger partial charge in [-0.1, -0.05) is 32.8 Å². The third kappa shape index (κ3) is 3.81. The maximum Gasteiger partial charge on any atom is 0.123 e. The van der Waals surface area contributed by atoms with Crippen LogP contribution in [0.1, 0.15) is 50.3 Å². The summed E-state index contributed by atoms with van der Waals surface area (Å²) in [5, 5.41) is 3.33. The van der Waals surface area contributed by atoms with E-state index in [9.17, 15) is 4.39 Å². The molecule has 0 aliphatic rings. The first-order chi connectivity index (χ1) is 8.10. The summed E-state index contributed by atoms with van der Waals surface area (Å²) in [5.74, 6) is 0.383. The zero-order valence-electron chi connectivity index (χ0n) is 11.4. The monoisotopic (exact) mass is 237 g/mol. The van der Waals surface area contributed by atoms with Gasteiger partial charge in [0.25, 0.3) is 0 Å². The summed E-state index contributed by atoms with van der Waals surface area (Å²) in [4.78, 5) is 0. The van der Waals surface area contributed by atoms with Crippen LogP contribution in [-0.2, 0) is 0 Å². The molecule has 0 aliphatic heterocycles. The first-order valence-electron chi connectivity index (χ1n) is 6.53. The van der Waals surface area contributed by atoms with Crippen molar-refractivity contribution in [3.63, 3.8) is 0 Å². The number of hydrogen-bond donors (Lipinski definition) is 1. The van der Waals surface area contributed by atoms with E-state index in [1.807, 2.05) is 20.0 Å². The highest BCUT2D eigenvalue weighted by atomic mass is 19.1. The molecule has 2 heteroatoms. The Kier molecular flexibility index (Phi) is 5.63. The van der Waals surface area contributed by atoms with Gasteiger partial charge >= 0.3 is 0 Å². The van der Waals surface area contributed by atoms with Crippen LogP contribution in [0.4, 0.5) is 4.39 Å². The van der Waals surface area contributed by atoms with Crippen molar-refractivity contribution in [1.29, 1.82) is 0 Å². The fraction of sp³-hybridized carbons (Fsp3) is 0.600. The van der Waals surface area contributed by atoms with Gasteiger partial charge in [-0.25, -0.2) is 4.39 Å². The normalized spacial score (nSPS) is 14.6.